The number of anilines is 1. The molecule has 1 amide bonds. The highest BCUT2D eigenvalue weighted by Crippen LogP contribution is 2.26. The maximum atomic E-state index is 13.2. The van der Waals surface area contributed by atoms with Crippen LogP contribution < -0.4 is 24.5 Å². The minimum Gasteiger partial charge on any atom is -0.493 e. The van der Waals surface area contributed by atoms with Gasteiger partial charge >= 0.3 is 0 Å². The predicted octanol–water partition coefficient (Wildman–Crippen LogP) is 3.17. The molecular formula is C29H33FN4O5. The van der Waals surface area contributed by atoms with Crippen molar-refractivity contribution in [2.24, 2.45) is 5.10 Å². The lowest BCUT2D eigenvalue weighted by molar-refractivity contribution is 0.0663. The van der Waals surface area contributed by atoms with Gasteiger partial charge in [-0.05, 0) is 72.3 Å². The number of hydrogen-bond acceptors (Lipinski definition) is 8. The highest BCUT2D eigenvalue weighted by molar-refractivity contribution is 5.95. The second kappa shape index (κ2) is 13.6. The summed E-state index contributed by atoms with van der Waals surface area (Å²) in [6.45, 7) is 3.84. The normalized spacial score (nSPS) is 14.7. The first-order valence-electron chi connectivity index (χ1n) is 12.6. The number of ether oxygens (including phenoxy) is 3. The molecule has 0 aliphatic carbocycles. The lowest BCUT2D eigenvalue weighted by Crippen LogP contribution is -2.49. The number of β-amino-alcohol motifs (C(OH)–C–C–N with tert-alkyl or cyclic N) is 1. The van der Waals surface area contributed by atoms with Gasteiger partial charge in [0.25, 0.3) is 5.91 Å². The fourth-order valence-corrected chi connectivity index (χ4v) is 4.25. The van der Waals surface area contributed by atoms with Gasteiger partial charge in [0.15, 0.2) is 11.5 Å². The summed E-state index contributed by atoms with van der Waals surface area (Å²) in [6.07, 6.45) is 0.859. The van der Waals surface area contributed by atoms with Crippen molar-refractivity contribution in [1.29, 1.82) is 0 Å². The number of methoxy groups -OCH3 is 2. The van der Waals surface area contributed by atoms with Gasteiger partial charge in [-0.15, -0.1) is 0 Å². The van der Waals surface area contributed by atoms with Crippen LogP contribution in [0.15, 0.2) is 71.8 Å². The van der Waals surface area contributed by atoms with Gasteiger partial charge in [-0.2, -0.15) is 5.10 Å². The number of nitrogens with zero attached hydrogens (tertiary/aromatic N) is 3. The van der Waals surface area contributed by atoms with E-state index in [4.69, 9.17) is 14.2 Å². The van der Waals surface area contributed by atoms with Crippen molar-refractivity contribution in [3.8, 4) is 17.2 Å². The number of amides is 1. The van der Waals surface area contributed by atoms with Crippen molar-refractivity contribution < 1.29 is 28.5 Å². The molecule has 1 saturated heterocycles. The van der Waals surface area contributed by atoms with E-state index in [9.17, 15) is 14.3 Å². The van der Waals surface area contributed by atoms with Crippen LogP contribution in [0.2, 0.25) is 0 Å². The van der Waals surface area contributed by atoms with Crippen molar-refractivity contribution >= 4 is 17.8 Å². The van der Waals surface area contributed by atoms with Crippen LogP contribution in [0.4, 0.5) is 10.1 Å². The number of hydrogen-bond donors (Lipinski definition) is 2. The van der Waals surface area contributed by atoms with E-state index in [1.807, 2.05) is 0 Å². The van der Waals surface area contributed by atoms with Crippen LogP contribution in [0.3, 0.4) is 0 Å². The van der Waals surface area contributed by atoms with Gasteiger partial charge in [-0.3, -0.25) is 9.69 Å². The highest BCUT2D eigenvalue weighted by atomic mass is 19.1. The molecule has 3 aromatic rings. The molecule has 1 fully saturated rings. The van der Waals surface area contributed by atoms with Gasteiger partial charge in [-0.1, -0.05) is 0 Å². The topological polar surface area (TPSA) is 95.9 Å². The Bertz CT molecular complexity index is 1250. The van der Waals surface area contributed by atoms with Crippen molar-refractivity contribution in [1.82, 2.24) is 10.3 Å². The van der Waals surface area contributed by atoms with E-state index in [0.29, 0.717) is 29.4 Å². The Labute approximate surface area is 227 Å². The maximum absolute atomic E-state index is 13.2. The molecule has 9 nitrogen and oxygen atoms in total. The molecule has 0 bridgehead atoms. The summed E-state index contributed by atoms with van der Waals surface area (Å²) in [5.74, 6) is 1.13. The Hall–Kier alpha value is -4.15. The average molecular weight is 537 g/mol. The second-order valence-corrected chi connectivity index (χ2v) is 9.07. The fourth-order valence-electron chi connectivity index (χ4n) is 4.25. The number of hydrazone groups is 1. The highest BCUT2D eigenvalue weighted by Gasteiger charge is 2.20. The van der Waals surface area contributed by atoms with Crippen molar-refractivity contribution in [3.63, 3.8) is 0 Å². The molecule has 39 heavy (non-hydrogen) atoms. The molecule has 2 N–H and O–H groups in total. The third kappa shape index (κ3) is 7.92. The predicted molar refractivity (Wildman–Crippen MR) is 148 cm³/mol. The van der Waals surface area contributed by atoms with E-state index >= 15 is 0 Å². The summed E-state index contributed by atoms with van der Waals surface area (Å²) < 4.78 is 29.3. The standard InChI is InChI=1S/C29H33FN4O5/c1-37-27-12-3-21(17-28(27)38-2)18-31-32-29(36)22-4-10-26(11-5-22)39-20-25(35)19-33-13-15-34(16-14-33)24-8-6-23(30)7-9-24/h3-12,17-18,25,35H,13-16,19-20H2,1-2H3,(H,32,36)/b31-18+. The smallest absolute Gasteiger partial charge is 0.271 e. The zero-order chi connectivity index (χ0) is 27.6. The summed E-state index contributed by atoms with van der Waals surface area (Å²) >= 11 is 0. The lowest BCUT2D eigenvalue weighted by Gasteiger charge is -2.36. The van der Waals surface area contributed by atoms with Gasteiger partial charge in [0.2, 0.25) is 0 Å². The number of piperazine rings is 1. The number of aliphatic hydroxyl groups excluding tert-OH is 1. The fraction of sp³-hybridized carbons (Fsp3) is 0.310. The average Bonchev–Trinajstić information content (AvgIpc) is 2.97. The summed E-state index contributed by atoms with van der Waals surface area (Å²) in [5, 5.41) is 14.5. The largest absolute Gasteiger partial charge is 0.493 e. The first kappa shape index (κ1) is 27.9. The Morgan fingerprint density at radius 3 is 2.36 bits per heavy atom. The van der Waals surface area contributed by atoms with Crippen LogP contribution >= 0.6 is 0 Å². The van der Waals surface area contributed by atoms with E-state index in [1.54, 1.807) is 68.8 Å². The number of carbonyl (C=O) groups is 1. The van der Waals surface area contributed by atoms with E-state index in [0.717, 1.165) is 37.4 Å². The number of benzene rings is 3. The van der Waals surface area contributed by atoms with Crippen LogP contribution in [-0.4, -0.2) is 81.8 Å². The first-order chi connectivity index (χ1) is 18.9. The van der Waals surface area contributed by atoms with E-state index in [2.05, 4.69) is 20.3 Å². The summed E-state index contributed by atoms with van der Waals surface area (Å²) in [6, 6.07) is 18.5. The van der Waals surface area contributed by atoms with E-state index in [-0.39, 0.29) is 18.3 Å². The quantitative estimate of drug-likeness (QED) is 0.287. The molecule has 0 aromatic heterocycles. The minimum absolute atomic E-state index is 0.138. The van der Waals surface area contributed by atoms with Gasteiger partial charge in [0.05, 0.1) is 20.4 Å². The van der Waals surface area contributed by atoms with Crippen LogP contribution in [-0.2, 0) is 0 Å². The zero-order valence-electron chi connectivity index (χ0n) is 22.0. The molecule has 1 aliphatic rings. The Kier molecular flexibility index (Phi) is 9.71. The summed E-state index contributed by atoms with van der Waals surface area (Å²) in [5.41, 5.74) is 4.66. The van der Waals surface area contributed by atoms with Crippen LogP contribution in [0.5, 0.6) is 17.2 Å². The van der Waals surface area contributed by atoms with Gasteiger partial charge in [0.1, 0.15) is 24.3 Å². The number of halogens is 1. The molecule has 0 radical (unpaired) electrons. The molecule has 10 heteroatoms. The maximum Gasteiger partial charge on any atom is 0.271 e. The minimum atomic E-state index is -0.656. The number of rotatable bonds is 11. The van der Waals surface area contributed by atoms with E-state index < -0.39 is 6.10 Å². The molecule has 1 atom stereocenters. The molecule has 0 saturated carbocycles. The van der Waals surface area contributed by atoms with Crippen molar-refractivity contribution in [3.05, 3.63) is 83.7 Å². The molecule has 1 unspecified atom stereocenters. The third-order valence-corrected chi connectivity index (χ3v) is 6.38. The SMILES string of the molecule is COc1ccc(/C=N/NC(=O)c2ccc(OCC(O)CN3CCN(c4ccc(F)cc4)CC3)cc2)cc1OC. The zero-order valence-corrected chi connectivity index (χ0v) is 22.0. The molecule has 3 aromatic carbocycles. The molecule has 0 spiro atoms. The summed E-state index contributed by atoms with van der Waals surface area (Å²) in [4.78, 5) is 16.8. The van der Waals surface area contributed by atoms with Gasteiger partial charge in [-0.25, -0.2) is 9.82 Å². The first-order valence-corrected chi connectivity index (χ1v) is 12.6. The van der Waals surface area contributed by atoms with Gasteiger partial charge in [0, 0.05) is 44.0 Å². The molecule has 206 valence electrons. The Balaban J connectivity index is 1.18. The monoisotopic (exact) mass is 536 g/mol. The van der Waals surface area contributed by atoms with Gasteiger partial charge < -0.3 is 24.2 Å². The number of aliphatic hydroxyl groups is 1. The lowest BCUT2D eigenvalue weighted by atomic mass is 10.2. The summed E-state index contributed by atoms with van der Waals surface area (Å²) in [7, 11) is 3.11. The molecule has 1 aliphatic heterocycles. The van der Waals surface area contributed by atoms with Crippen LogP contribution in [0, 0.1) is 5.82 Å². The molecular weight excluding hydrogens is 503 g/mol. The third-order valence-electron chi connectivity index (χ3n) is 6.38. The van der Waals surface area contributed by atoms with Crippen molar-refractivity contribution in [2.45, 2.75) is 6.10 Å². The second-order valence-electron chi connectivity index (χ2n) is 9.07. The van der Waals surface area contributed by atoms with E-state index in [1.165, 1.54) is 18.3 Å². The Morgan fingerprint density at radius 1 is 1.00 bits per heavy atom. The van der Waals surface area contributed by atoms with Crippen molar-refractivity contribution in [2.75, 3.05) is 58.5 Å². The number of nitrogens with one attached hydrogen (secondary N) is 1. The molecule has 1 heterocycles. The van der Waals surface area contributed by atoms with Crippen LogP contribution in [0.25, 0.3) is 0 Å². The molecule has 4 rings (SSSR count). The van der Waals surface area contributed by atoms with Crippen LogP contribution in [0.1, 0.15) is 15.9 Å². The Morgan fingerprint density at radius 2 is 1.69 bits per heavy atom. The number of carbonyl (C=O) groups excluding carboxylic acids is 1.